The van der Waals surface area contributed by atoms with E-state index in [1.807, 2.05) is 0 Å². The highest BCUT2D eigenvalue weighted by atomic mass is 79.9. The van der Waals surface area contributed by atoms with Crippen LogP contribution in [-0.2, 0) is 0 Å². The average Bonchev–Trinajstić information content (AvgIpc) is 2.43. The third-order valence-corrected chi connectivity index (χ3v) is 3.60. The predicted octanol–water partition coefficient (Wildman–Crippen LogP) is 3.50. The fraction of sp³-hybridized carbons (Fsp3) is 0.0714. The molecule has 2 aromatic carbocycles. The summed E-state index contributed by atoms with van der Waals surface area (Å²) in [5.41, 5.74) is 7.78. The molecule has 3 N–H and O–H groups in total. The molecule has 0 radical (unpaired) electrons. The highest BCUT2D eigenvalue weighted by molar-refractivity contribution is 9.10. The Bertz CT molecular complexity index is 731. The van der Waals surface area contributed by atoms with Gasteiger partial charge >= 0.3 is 0 Å². The zero-order valence-electron chi connectivity index (χ0n) is 11.1. The predicted molar refractivity (Wildman–Crippen MR) is 84.3 cm³/mol. The van der Waals surface area contributed by atoms with Crippen molar-refractivity contribution in [2.45, 2.75) is 6.92 Å². The zero-order valence-corrected chi connectivity index (χ0v) is 12.7. The number of amides is 1. The molecule has 0 atom stereocenters. The lowest BCUT2D eigenvalue weighted by Gasteiger charge is -2.07. The summed E-state index contributed by atoms with van der Waals surface area (Å²) in [6.07, 6.45) is 0. The molecule has 6 nitrogen and oxygen atoms in total. The van der Waals surface area contributed by atoms with Crippen molar-refractivity contribution in [1.29, 1.82) is 0 Å². The topological polar surface area (TPSA) is 98.3 Å². The molecule has 0 heterocycles. The van der Waals surface area contributed by atoms with Gasteiger partial charge in [0.05, 0.1) is 9.40 Å². The van der Waals surface area contributed by atoms with E-state index in [9.17, 15) is 14.9 Å². The first-order chi connectivity index (χ1) is 9.88. The number of rotatable bonds is 3. The van der Waals surface area contributed by atoms with Crippen molar-refractivity contribution in [3.63, 3.8) is 0 Å². The third-order valence-electron chi connectivity index (χ3n) is 2.93. The summed E-state index contributed by atoms with van der Waals surface area (Å²) in [5.74, 6) is -0.352. The number of nitrogens with two attached hydrogens (primary N) is 1. The lowest BCUT2D eigenvalue weighted by molar-refractivity contribution is -0.385. The maximum atomic E-state index is 12.1. The molecule has 0 bridgehead atoms. The van der Waals surface area contributed by atoms with Crippen molar-refractivity contribution in [1.82, 2.24) is 0 Å². The normalized spacial score (nSPS) is 10.2. The minimum atomic E-state index is -0.521. The third kappa shape index (κ3) is 3.38. The van der Waals surface area contributed by atoms with Crippen LogP contribution in [0.4, 0.5) is 17.1 Å². The number of nitro groups is 1. The second-order valence-electron chi connectivity index (χ2n) is 4.45. The van der Waals surface area contributed by atoms with Gasteiger partial charge in [-0.05, 0) is 58.7 Å². The Labute approximate surface area is 129 Å². The molecular formula is C14H12BrN3O3. The van der Waals surface area contributed by atoms with Crippen LogP contribution in [0.2, 0.25) is 0 Å². The van der Waals surface area contributed by atoms with E-state index in [-0.39, 0.29) is 11.6 Å². The first-order valence-corrected chi connectivity index (χ1v) is 6.79. The average molecular weight is 350 g/mol. The Morgan fingerprint density at radius 3 is 2.62 bits per heavy atom. The second-order valence-corrected chi connectivity index (χ2v) is 5.30. The first kappa shape index (κ1) is 15.0. The van der Waals surface area contributed by atoms with Crippen LogP contribution in [0.5, 0.6) is 0 Å². The summed E-state index contributed by atoms with van der Waals surface area (Å²) in [5, 5.41) is 13.5. The Hall–Kier alpha value is -2.41. The number of nitro benzene ring substituents is 1. The van der Waals surface area contributed by atoms with Gasteiger partial charge in [-0.3, -0.25) is 14.9 Å². The number of hydrogen-bond donors (Lipinski definition) is 2. The van der Waals surface area contributed by atoms with E-state index < -0.39 is 4.92 Å². The summed E-state index contributed by atoms with van der Waals surface area (Å²) in [6.45, 7) is 1.80. The van der Waals surface area contributed by atoms with E-state index in [0.29, 0.717) is 21.4 Å². The van der Waals surface area contributed by atoms with Gasteiger partial charge in [-0.25, -0.2) is 0 Å². The molecule has 0 aromatic heterocycles. The molecule has 108 valence electrons. The number of nitrogens with one attached hydrogen (secondary N) is 1. The van der Waals surface area contributed by atoms with Gasteiger partial charge in [0, 0.05) is 23.0 Å². The number of anilines is 2. The van der Waals surface area contributed by atoms with Gasteiger partial charge in [0.1, 0.15) is 0 Å². The number of aryl methyl sites for hydroxylation is 1. The largest absolute Gasteiger partial charge is 0.399 e. The van der Waals surface area contributed by atoms with Crippen LogP contribution < -0.4 is 11.1 Å². The van der Waals surface area contributed by atoms with Gasteiger partial charge in [-0.15, -0.1) is 0 Å². The number of nitrogen functional groups attached to an aromatic ring is 1. The lowest BCUT2D eigenvalue weighted by Crippen LogP contribution is -2.12. The van der Waals surface area contributed by atoms with Crippen LogP contribution in [0.3, 0.4) is 0 Å². The van der Waals surface area contributed by atoms with Crippen LogP contribution in [0.15, 0.2) is 40.9 Å². The summed E-state index contributed by atoms with van der Waals surface area (Å²) >= 11 is 3.09. The second kappa shape index (κ2) is 5.92. The summed E-state index contributed by atoms with van der Waals surface area (Å²) in [4.78, 5) is 22.5. The molecule has 2 aromatic rings. The van der Waals surface area contributed by atoms with E-state index in [1.165, 1.54) is 12.1 Å². The number of hydrogen-bond acceptors (Lipinski definition) is 4. The quantitative estimate of drug-likeness (QED) is 0.503. The Morgan fingerprint density at radius 1 is 1.29 bits per heavy atom. The van der Waals surface area contributed by atoms with Crippen molar-refractivity contribution >= 4 is 38.9 Å². The molecule has 21 heavy (non-hydrogen) atoms. The van der Waals surface area contributed by atoms with Gasteiger partial charge in [0.2, 0.25) is 0 Å². The van der Waals surface area contributed by atoms with Gasteiger partial charge in [0.25, 0.3) is 11.6 Å². The molecule has 0 fully saturated rings. The molecule has 0 aliphatic rings. The fourth-order valence-corrected chi connectivity index (χ4v) is 2.14. The molecule has 0 spiro atoms. The Balaban J connectivity index is 2.25. The minimum absolute atomic E-state index is 0.110. The van der Waals surface area contributed by atoms with Crippen LogP contribution in [0.1, 0.15) is 15.9 Å². The molecular weight excluding hydrogens is 338 g/mol. The molecule has 2 rings (SSSR count). The minimum Gasteiger partial charge on any atom is -0.399 e. The van der Waals surface area contributed by atoms with Crippen molar-refractivity contribution < 1.29 is 9.72 Å². The molecule has 1 amide bonds. The maximum absolute atomic E-state index is 12.1. The Morgan fingerprint density at radius 2 is 2.00 bits per heavy atom. The number of carbonyl (C=O) groups is 1. The number of halogens is 1. The van der Waals surface area contributed by atoms with Crippen LogP contribution in [0, 0.1) is 17.0 Å². The lowest BCUT2D eigenvalue weighted by atomic mass is 10.1. The molecule has 7 heteroatoms. The molecule has 0 aliphatic carbocycles. The van der Waals surface area contributed by atoms with Crippen molar-refractivity contribution in [2.24, 2.45) is 0 Å². The summed E-state index contributed by atoms with van der Waals surface area (Å²) in [7, 11) is 0. The Kier molecular flexibility index (Phi) is 4.23. The van der Waals surface area contributed by atoms with Gasteiger partial charge in [0.15, 0.2) is 0 Å². The number of nitrogens with zero attached hydrogens (tertiary/aromatic N) is 1. The van der Waals surface area contributed by atoms with Crippen LogP contribution in [-0.4, -0.2) is 10.8 Å². The molecule has 0 saturated carbocycles. The highest BCUT2D eigenvalue weighted by Gasteiger charge is 2.14. The maximum Gasteiger partial charge on any atom is 0.285 e. The first-order valence-electron chi connectivity index (χ1n) is 6.00. The molecule has 0 unspecified atom stereocenters. The SMILES string of the molecule is Cc1cc(C(=O)Nc2ccc(Br)c([N+](=O)[O-])c2)ccc1N. The number of carbonyl (C=O) groups excluding carboxylic acids is 1. The van der Waals surface area contributed by atoms with E-state index >= 15 is 0 Å². The summed E-state index contributed by atoms with van der Waals surface area (Å²) in [6, 6.07) is 9.31. The monoisotopic (exact) mass is 349 g/mol. The zero-order chi connectivity index (χ0) is 15.6. The van der Waals surface area contributed by atoms with Gasteiger partial charge in [-0.1, -0.05) is 0 Å². The van der Waals surface area contributed by atoms with Gasteiger partial charge < -0.3 is 11.1 Å². The van der Waals surface area contributed by atoms with E-state index in [0.717, 1.165) is 5.56 Å². The number of benzene rings is 2. The van der Waals surface area contributed by atoms with E-state index in [1.54, 1.807) is 31.2 Å². The van der Waals surface area contributed by atoms with Gasteiger partial charge in [-0.2, -0.15) is 0 Å². The van der Waals surface area contributed by atoms with Crippen LogP contribution in [0.25, 0.3) is 0 Å². The smallest absolute Gasteiger partial charge is 0.285 e. The molecule has 0 aliphatic heterocycles. The van der Waals surface area contributed by atoms with E-state index in [2.05, 4.69) is 21.2 Å². The van der Waals surface area contributed by atoms with E-state index in [4.69, 9.17) is 5.73 Å². The van der Waals surface area contributed by atoms with Crippen molar-refractivity contribution in [3.8, 4) is 0 Å². The molecule has 0 saturated heterocycles. The van der Waals surface area contributed by atoms with Crippen LogP contribution >= 0.6 is 15.9 Å². The van der Waals surface area contributed by atoms with Crippen molar-refractivity contribution in [3.05, 3.63) is 62.1 Å². The standard InChI is InChI=1S/C14H12BrN3O3/c1-8-6-9(2-5-12(8)16)14(19)17-10-3-4-11(15)13(7-10)18(20)21/h2-7H,16H2,1H3,(H,17,19). The summed E-state index contributed by atoms with van der Waals surface area (Å²) < 4.78 is 0.355. The fourth-order valence-electron chi connectivity index (χ4n) is 1.75. The highest BCUT2D eigenvalue weighted by Crippen LogP contribution is 2.28. The van der Waals surface area contributed by atoms with Crippen molar-refractivity contribution in [2.75, 3.05) is 11.1 Å².